The number of esters is 1. The molecule has 0 heterocycles. The largest absolute Gasteiger partial charge is 0.479 e. The molecule has 0 radical (unpaired) electrons. The van der Waals surface area contributed by atoms with E-state index in [4.69, 9.17) is 9.47 Å². The van der Waals surface area contributed by atoms with Crippen molar-refractivity contribution < 1.29 is 14.3 Å². The van der Waals surface area contributed by atoms with Crippen LogP contribution in [0.25, 0.3) is 0 Å². The van der Waals surface area contributed by atoms with Crippen molar-refractivity contribution in [2.24, 2.45) is 11.8 Å². The minimum atomic E-state index is -0.525. The molecule has 24 heavy (non-hydrogen) atoms. The normalized spacial score (nSPS) is 20.0. The van der Waals surface area contributed by atoms with Gasteiger partial charge in [0.1, 0.15) is 5.75 Å². The molecule has 2 rings (SSSR count). The lowest BCUT2D eigenvalue weighted by Gasteiger charge is -2.26. The summed E-state index contributed by atoms with van der Waals surface area (Å²) in [6.45, 7) is 6.90. The molecule has 0 saturated heterocycles. The smallest absolute Gasteiger partial charge is 0.347 e. The Hall–Kier alpha value is -1.77. The SMILES string of the molecule is CCC(Oc1ccccc1)C(=O)OCCC(C)C1CC=C(C)CC1. The van der Waals surface area contributed by atoms with E-state index in [9.17, 15) is 4.79 Å². The molecular weight excluding hydrogens is 300 g/mol. The van der Waals surface area contributed by atoms with Gasteiger partial charge in [0.05, 0.1) is 6.61 Å². The Morgan fingerprint density at radius 2 is 2.04 bits per heavy atom. The molecule has 0 amide bonds. The monoisotopic (exact) mass is 330 g/mol. The third kappa shape index (κ3) is 5.70. The summed E-state index contributed by atoms with van der Waals surface area (Å²) in [4.78, 5) is 12.2. The molecule has 1 aromatic carbocycles. The second kappa shape index (κ2) is 9.51. The average molecular weight is 330 g/mol. The first-order valence-electron chi connectivity index (χ1n) is 9.14. The maximum atomic E-state index is 12.2. The minimum Gasteiger partial charge on any atom is -0.479 e. The number of allylic oxidation sites excluding steroid dienone is 2. The maximum Gasteiger partial charge on any atom is 0.347 e. The predicted octanol–water partition coefficient (Wildman–Crippen LogP) is 5.16. The fraction of sp³-hybridized carbons (Fsp3) is 0.571. The van der Waals surface area contributed by atoms with Gasteiger partial charge in [-0.25, -0.2) is 4.79 Å². The molecule has 1 aliphatic carbocycles. The van der Waals surface area contributed by atoms with Gasteiger partial charge in [0.2, 0.25) is 0 Å². The second-order valence-electron chi connectivity index (χ2n) is 6.85. The zero-order chi connectivity index (χ0) is 17.4. The number of carbonyl (C=O) groups excluding carboxylic acids is 1. The standard InChI is InChI=1S/C21H30O3/c1-4-20(24-19-8-6-5-7-9-19)21(22)23-15-14-17(3)18-12-10-16(2)11-13-18/h5-10,17-18,20H,4,11-15H2,1-3H3. The van der Waals surface area contributed by atoms with E-state index in [2.05, 4.69) is 19.9 Å². The maximum absolute atomic E-state index is 12.2. The van der Waals surface area contributed by atoms with Crippen LogP contribution in [0.1, 0.15) is 52.9 Å². The van der Waals surface area contributed by atoms with Gasteiger partial charge in [-0.15, -0.1) is 0 Å². The predicted molar refractivity (Wildman–Crippen MR) is 97.0 cm³/mol. The van der Waals surface area contributed by atoms with Crippen molar-refractivity contribution in [3.8, 4) is 5.75 Å². The molecule has 0 saturated carbocycles. The lowest BCUT2D eigenvalue weighted by molar-refractivity contribution is -0.152. The number of ether oxygens (including phenoxy) is 2. The van der Waals surface area contributed by atoms with E-state index < -0.39 is 6.10 Å². The van der Waals surface area contributed by atoms with Crippen LogP contribution < -0.4 is 4.74 Å². The summed E-state index contributed by atoms with van der Waals surface area (Å²) in [5, 5.41) is 0. The van der Waals surface area contributed by atoms with Gasteiger partial charge in [-0.05, 0) is 63.0 Å². The highest BCUT2D eigenvalue weighted by Gasteiger charge is 2.22. The summed E-state index contributed by atoms with van der Waals surface area (Å²) in [5.41, 5.74) is 1.51. The van der Waals surface area contributed by atoms with Crippen LogP contribution in [0.4, 0.5) is 0 Å². The van der Waals surface area contributed by atoms with E-state index >= 15 is 0 Å². The van der Waals surface area contributed by atoms with Gasteiger partial charge in [0.25, 0.3) is 0 Å². The molecule has 132 valence electrons. The number of carbonyl (C=O) groups is 1. The van der Waals surface area contributed by atoms with Crippen LogP contribution >= 0.6 is 0 Å². The van der Waals surface area contributed by atoms with E-state index in [1.54, 1.807) is 0 Å². The summed E-state index contributed by atoms with van der Waals surface area (Å²) < 4.78 is 11.2. The summed E-state index contributed by atoms with van der Waals surface area (Å²) in [7, 11) is 0. The topological polar surface area (TPSA) is 35.5 Å². The molecule has 3 heteroatoms. The number of hydrogen-bond acceptors (Lipinski definition) is 3. The molecule has 0 aliphatic heterocycles. The van der Waals surface area contributed by atoms with Crippen molar-refractivity contribution >= 4 is 5.97 Å². The van der Waals surface area contributed by atoms with Gasteiger partial charge in [-0.3, -0.25) is 0 Å². The third-order valence-corrected chi connectivity index (χ3v) is 4.96. The van der Waals surface area contributed by atoms with Crippen molar-refractivity contribution in [2.75, 3.05) is 6.61 Å². The highest BCUT2D eigenvalue weighted by Crippen LogP contribution is 2.30. The number of rotatable bonds is 8. The molecule has 3 nitrogen and oxygen atoms in total. The summed E-state index contributed by atoms with van der Waals surface area (Å²) >= 11 is 0. The molecule has 0 fully saturated rings. The zero-order valence-corrected chi connectivity index (χ0v) is 15.2. The molecule has 0 N–H and O–H groups in total. The average Bonchev–Trinajstić information content (AvgIpc) is 2.61. The Kier molecular flexibility index (Phi) is 7.36. The van der Waals surface area contributed by atoms with Gasteiger partial charge in [-0.2, -0.15) is 0 Å². The van der Waals surface area contributed by atoms with Gasteiger partial charge < -0.3 is 9.47 Å². The van der Waals surface area contributed by atoms with Crippen molar-refractivity contribution in [3.05, 3.63) is 42.0 Å². The van der Waals surface area contributed by atoms with Crippen LogP contribution in [0.2, 0.25) is 0 Å². The molecule has 0 bridgehead atoms. The van der Waals surface area contributed by atoms with E-state index in [0.29, 0.717) is 24.7 Å². The Balaban J connectivity index is 1.73. The Morgan fingerprint density at radius 1 is 1.29 bits per heavy atom. The summed E-state index contributed by atoms with van der Waals surface area (Å²) in [6, 6.07) is 9.44. The van der Waals surface area contributed by atoms with Gasteiger partial charge >= 0.3 is 5.97 Å². The first-order valence-corrected chi connectivity index (χ1v) is 9.14. The minimum absolute atomic E-state index is 0.257. The number of para-hydroxylation sites is 1. The highest BCUT2D eigenvalue weighted by molar-refractivity contribution is 5.75. The van der Waals surface area contributed by atoms with E-state index in [0.717, 1.165) is 18.8 Å². The first-order chi connectivity index (χ1) is 11.6. The number of benzene rings is 1. The first kappa shape index (κ1) is 18.6. The van der Waals surface area contributed by atoms with Crippen molar-refractivity contribution in [3.63, 3.8) is 0 Å². The van der Waals surface area contributed by atoms with Gasteiger partial charge in [0, 0.05) is 0 Å². The van der Waals surface area contributed by atoms with Gasteiger partial charge in [-0.1, -0.05) is 43.7 Å². The van der Waals surface area contributed by atoms with E-state index in [-0.39, 0.29) is 5.97 Å². The summed E-state index contributed by atoms with van der Waals surface area (Å²) in [5.74, 6) is 1.75. The molecule has 0 spiro atoms. The van der Waals surface area contributed by atoms with Crippen molar-refractivity contribution in [2.45, 2.75) is 59.0 Å². The molecule has 1 aliphatic rings. The summed E-state index contributed by atoms with van der Waals surface area (Å²) in [6.07, 6.45) is 6.99. The number of hydrogen-bond donors (Lipinski definition) is 0. The third-order valence-electron chi connectivity index (χ3n) is 4.96. The van der Waals surface area contributed by atoms with Crippen LogP contribution in [0.15, 0.2) is 42.0 Å². The Bertz CT molecular complexity index is 535. The van der Waals surface area contributed by atoms with Crippen molar-refractivity contribution in [1.29, 1.82) is 0 Å². The van der Waals surface area contributed by atoms with E-state index in [1.165, 1.54) is 18.4 Å². The Labute approximate surface area is 146 Å². The highest BCUT2D eigenvalue weighted by atomic mass is 16.6. The van der Waals surface area contributed by atoms with Crippen LogP contribution in [-0.4, -0.2) is 18.7 Å². The zero-order valence-electron chi connectivity index (χ0n) is 15.2. The molecule has 1 aromatic rings. The fourth-order valence-corrected chi connectivity index (χ4v) is 3.14. The Morgan fingerprint density at radius 3 is 2.67 bits per heavy atom. The van der Waals surface area contributed by atoms with Gasteiger partial charge in [0.15, 0.2) is 6.10 Å². The molecule has 0 aromatic heterocycles. The molecule has 3 atom stereocenters. The van der Waals surface area contributed by atoms with Crippen LogP contribution in [0.3, 0.4) is 0 Å². The van der Waals surface area contributed by atoms with Crippen molar-refractivity contribution in [1.82, 2.24) is 0 Å². The van der Waals surface area contributed by atoms with Crippen LogP contribution in [0.5, 0.6) is 5.75 Å². The van der Waals surface area contributed by atoms with Crippen LogP contribution in [-0.2, 0) is 9.53 Å². The lowest BCUT2D eigenvalue weighted by atomic mass is 9.80. The van der Waals surface area contributed by atoms with E-state index in [1.807, 2.05) is 37.3 Å². The van der Waals surface area contributed by atoms with Crippen LogP contribution in [0, 0.1) is 11.8 Å². The quantitative estimate of drug-likeness (QED) is 0.488. The fourth-order valence-electron chi connectivity index (χ4n) is 3.14. The molecular formula is C21H30O3. The lowest BCUT2D eigenvalue weighted by Crippen LogP contribution is -2.29. The molecule has 3 unspecified atom stereocenters. The second-order valence-corrected chi connectivity index (χ2v) is 6.85.